The van der Waals surface area contributed by atoms with Crippen LogP contribution in [0.5, 0.6) is 0 Å². The number of halogens is 1. The van der Waals surface area contributed by atoms with E-state index >= 15 is 0 Å². The largest absolute Gasteiger partial charge is 0.481 e. The fourth-order valence-electron chi connectivity index (χ4n) is 2.25. The first-order valence-electron chi connectivity index (χ1n) is 8.41. The first-order chi connectivity index (χ1) is 11.8. The molecule has 0 saturated carbocycles. The molecule has 1 aromatic rings. The predicted octanol–water partition coefficient (Wildman–Crippen LogP) is 2.86. The molecule has 2 amide bonds. The number of carboxylic acids is 1. The van der Waals surface area contributed by atoms with E-state index < -0.39 is 12.0 Å². The molecule has 25 heavy (non-hydrogen) atoms. The van der Waals surface area contributed by atoms with Crippen molar-refractivity contribution in [3.63, 3.8) is 0 Å². The number of unbranched alkanes of at least 4 members (excludes halogenated alkanes) is 1. The van der Waals surface area contributed by atoms with Gasteiger partial charge in [-0.25, -0.2) is 0 Å². The number of benzene rings is 1. The molecule has 3 N–H and O–H groups in total. The lowest BCUT2D eigenvalue weighted by Gasteiger charge is -2.23. The molecule has 2 unspecified atom stereocenters. The van der Waals surface area contributed by atoms with Crippen molar-refractivity contribution in [2.45, 2.75) is 45.6 Å². The molecule has 2 atom stereocenters. The fraction of sp³-hybridized carbons (Fsp3) is 0.500. The Kier molecular flexibility index (Phi) is 8.99. The van der Waals surface area contributed by atoms with Gasteiger partial charge in [0.1, 0.15) is 6.04 Å². The van der Waals surface area contributed by atoms with Gasteiger partial charge in [0.15, 0.2) is 0 Å². The summed E-state index contributed by atoms with van der Waals surface area (Å²) in [5, 5.41) is 14.7. The number of rotatable bonds is 10. The van der Waals surface area contributed by atoms with E-state index in [0.717, 1.165) is 6.42 Å². The Balaban J connectivity index is 2.60. The zero-order valence-corrected chi connectivity index (χ0v) is 15.3. The molecule has 0 bridgehead atoms. The highest BCUT2D eigenvalue weighted by molar-refractivity contribution is 6.30. The molecule has 7 heteroatoms. The number of nitrogens with one attached hydrogen (secondary N) is 2. The molecule has 0 aliphatic rings. The maximum Gasteiger partial charge on any atom is 0.303 e. The molecular formula is C18H25ClN2O4. The van der Waals surface area contributed by atoms with Crippen LogP contribution in [0.25, 0.3) is 0 Å². The lowest BCUT2D eigenvalue weighted by Crippen LogP contribution is -2.50. The van der Waals surface area contributed by atoms with Crippen molar-refractivity contribution in [3.05, 3.63) is 34.9 Å². The van der Waals surface area contributed by atoms with Crippen LogP contribution in [0, 0.1) is 5.92 Å². The summed E-state index contributed by atoms with van der Waals surface area (Å²) in [4.78, 5) is 35.2. The topological polar surface area (TPSA) is 95.5 Å². The molecule has 138 valence electrons. The Hall–Kier alpha value is -2.08. The Labute approximate surface area is 152 Å². The first-order valence-corrected chi connectivity index (χ1v) is 8.78. The van der Waals surface area contributed by atoms with Crippen LogP contribution in [0.15, 0.2) is 24.3 Å². The van der Waals surface area contributed by atoms with Crippen molar-refractivity contribution in [2.24, 2.45) is 5.92 Å². The van der Waals surface area contributed by atoms with Gasteiger partial charge in [-0.05, 0) is 43.0 Å². The quantitative estimate of drug-likeness (QED) is 0.553. The van der Waals surface area contributed by atoms with E-state index in [1.165, 1.54) is 0 Å². The Morgan fingerprint density at radius 2 is 1.80 bits per heavy atom. The van der Waals surface area contributed by atoms with Crippen molar-refractivity contribution in [3.8, 4) is 0 Å². The molecule has 6 nitrogen and oxygen atoms in total. The van der Waals surface area contributed by atoms with Crippen LogP contribution in [0.1, 0.15) is 49.9 Å². The third kappa shape index (κ3) is 7.56. The predicted molar refractivity (Wildman–Crippen MR) is 96.7 cm³/mol. The summed E-state index contributed by atoms with van der Waals surface area (Å²) in [5.74, 6) is -1.47. The second-order valence-electron chi connectivity index (χ2n) is 5.99. The third-order valence-electron chi connectivity index (χ3n) is 4.01. The first kappa shape index (κ1) is 21.0. The van der Waals surface area contributed by atoms with Crippen molar-refractivity contribution in [2.75, 3.05) is 6.54 Å². The molecule has 0 aliphatic heterocycles. The van der Waals surface area contributed by atoms with Crippen LogP contribution in [0.3, 0.4) is 0 Å². The number of aliphatic carboxylic acids is 1. The summed E-state index contributed by atoms with van der Waals surface area (Å²) in [7, 11) is 0. The van der Waals surface area contributed by atoms with Crippen molar-refractivity contribution >= 4 is 29.4 Å². The summed E-state index contributed by atoms with van der Waals surface area (Å²) in [6, 6.07) is 5.81. The van der Waals surface area contributed by atoms with Crippen LogP contribution in [-0.2, 0) is 9.59 Å². The molecule has 0 heterocycles. The van der Waals surface area contributed by atoms with E-state index in [0.29, 0.717) is 30.0 Å². The van der Waals surface area contributed by atoms with Gasteiger partial charge in [-0.3, -0.25) is 14.4 Å². The summed E-state index contributed by atoms with van der Waals surface area (Å²) < 4.78 is 0. The van der Waals surface area contributed by atoms with Gasteiger partial charge in [0.05, 0.1) is 0 Å². The van der Waals surface area contributed by atoms with Crippen LogP contribution in [0.4, 0.5) is 0 Å². The monoisotopic (exact) mass is 368 g/mol. The van der Waals surface area contributed by atoms with Gasteiger partial charge in [-0.15, -0.1) is 0 Å². The van der Waals surface area contributed by atoms with Gasteiger partial charge < -0.3 is 15.7 Å². The van der Waals surface area contributed by atoms with Crippen molar-refractivity contribution < 1.29 is 19.5 Å². The highest BCUT2D eigenvalue weighted by Crippen LogP contribution is 2.12. The van der Waals surface area contributed by atoms with E-state index in [2.05, 4.69) is 10.6 Å². The molecule has 1 rings (SSSR count). The van der Waals surface area contributed by atoms with Gasteiger partial charge in [0.2, 0.25) is 5.91 Å². The zero-order chi connectivity index (χ0) is 18.8. The minimum absolute atomic E-state index is 0.0322. The van der Waals surface area contributed by atoms with Crippen LogP contribution in [0.2, 0.25) is 5.02 Å². The number of hydrogen-bond acceptors (Lipinski definition) is 3. The average Bonchev–Trinajstić information content (AvgIpc) is 2.58. The lowest BCUT2D eigenvalue weighted by molar-refractivity contribution is -0.137. The maximum atomic E-state index is 12.4. The Morgan fingerprint density at radius 1 is 1.16 bits per heavy atom. The fourth-order valence-corrected chi connectivity index (χ4v) is 2.38. The van der Waals surface area contributed by atoms with E-state index in [1.807, 2.05) is 13.8 Å². The molecular weight excluding hydrogens is 344 g/mol. The standard InChI is InChI=1S/C18H25ClN2O4/c1-3-12(2)16(18(25)20-11-5-4-6-15(22)23)21-17(24)13-7-9-14(19)10-8-13/h7-10,12,16H,3-6,11H2,1-2H3,(H,20,25)(H,21,24)(H,22,23). The molecule has 1 aromatic carbocycles. The molecule has 0 fully saturated rings. The summed E-state index contributed by atoms with van der Waals surface area (Å²) >= 11 is 5.82. The Morgan fingerprint density at radius 3 is 2.36 bits per heavy atom. The normalized spacial score (nSPS) is 12.9. The number of carboxylic acid groups (broad SMARTS) is 1. The molecule has 0 saturated heterocycles. The number of hydrogen-bond donors (Lipinski definition) is 3. The second-order valence-corrected chi connectivity index (χ2v) is 6.42. The SMILES string of the molecule is CCC(C)C(NC(=O)c1ccc(Cl)cc1)C(=O)NCCCCC(=O)O. The van der Waals surface area contributed by atoms with Gasteiger partial charge in [-0.2, -0.15) is 0 Å². The van der Waals surface area contributed by atoms with E-state index in [9.17, 15) is 14.4 Å². The second kappa shape index (κ2) is 10.7. The van der Waals surface area contributed by atoms with Crippen LogP contribution >= 0.6 is 11.6 Å². The molecule has 0 aliphatic carbocycles. The van der Waals surface area contributed by atoms with Crippen molar-refractivity contribution in [1.82, 2.24) is 10.6 Å². The minimum Gasteiger partial charge on any atom is -0.481 e. The van der Waals surface area contributed by atoms with E-state index in [4.69, 9.17) is 16.7 Å². The van der Waals surface area contributed by atoms with Crippen LogP contribution < -0.4 is 10.6 Å². The number of carbonyl (C=O) groups excluding carboxylic acids is 2. The van der Waals surface area contributed by atoms with Gasteiger partial charge in [-0.1, -0.05) is 31.9 Å². The van der Waals surface area contributed by atoms with Crippen LogP contribution in [-0.4, -0.2) is 35.5 Å². The molecule has 0 aromatic heterocycles. The van der Waals surface area contributed by atoms with E-state index in [1.54, 1.807) is 24.3 Å². The molecule has 0 radical (unpaired) electrons. The van der Waals surface area contributed by atoms with Gasteiger partial charge in [0.25, 0.3) is 5.91 Å². The zero-order valence-electron chi connectivity index (χ0n) is 14.5. The van der Waals surface area contributed by atoms with Crippen molar-refractivity contribution in [1.29, 1.82) is 0 Å². The van der Waals surface area contributed by atoms with Gasteiger partial charge in [0, 0.05) is 23.6 Å². The highest BCUT2D eigenvalue weighted by Gasteiger charge is 2.26. The highest BCUT2D eigenvalue weighted by atomic mass is 35.5. The Bertz CT molecular complexity index is 589. The summed E-state index contributed by atoms with van der Waals surface area (Å²) in [6.07, 6.45) is 1.90. The smallest absolute Gasteiger partial charge is 0.303 e. The summed E-state index contributed by atoms with van der Waals surface area (Å²) in [6.45, 7) is 4.24. The van der Waals surface area contributed by atoms with E-state index in [-0.39, 0.29) is 24.2 Å². The summed E-state index contributed by atoms with van der Waals surface area (Å²) in [5.41, 5.74) is 0.437. The third-order valence-corrected chi connectivity index (χ3v) is 4.26. The average molecular weight is 369 g/mol. The maximum absolute atomic E-state index is 12.4. The minimum atomic E-state index is -0.848. The number of amides is 2. The lowest BCUT2D eigenvalue weighted by atomic mass is 9.97. The van der Waals surface area contributed by atoms with Gasteiger partial charge >= 0.3 is 5.97 Å². The number of carbonyl (C=O) groups is 3. The molecule has 0 spiro atoms.